The Bertz CT molecular complexity index is 727. The van der Waals surface area contributed by atoms with Crippen molar-refractivity contribution in [1.82, 2.24) is 0 Å². The molecule has 25 heavy (non-hydrogen) atoms. The van der Waals surface area contributed by atoms with Gasteiger partial charge in [0, 0.05) is 10.6 Å². The minimum atomic E-state index is -0.413. The molecule has 1 aromatic carbocycles. The second kappa shape index (κ2) is 8.30. The van der Waals surface area contributed by atoms with Gasteiger partial charge in [-0.05, 0) is 61.4 Å². The molecule has 1 amide bonds. The van der Waals surface area contributed by atoms with E-state index < -0.39 is 5.97 Å². The van der Waals surface area contributed by atoms with Crippen molar-refractivity contribution in [3.63, 3.8) is 0 Å². The summed E-state index contributed by atoms with van der Waals surface area (Å²) < 4.78 is 5.14. The number of fused-ring (bicyclic) bond motifs is 1. The summed E-state index contributed by atoms with van der Waals surface area (Å²) in [6.45, 7) is 1.90. The van der Waals surface area contributed by atoms with Crippen molar-refractivity contribution in [2.75, 3.05) is 11.9 Å². The molecule has 3 rings (SSSR count). The van der Waals surface area contributed by atoms with E-state index in [1.807, 2.05) is 30.3 Å². The Kier molecular flexibility index (Phi) is 5.87. The molecule has 5 heteroatoms. The fourth-order valence-corrected chi connectivity index (χ4v) is 4.11. The molecule has 1 aliphatic carbocycles. The summed E-state index contributed by atoms with van der Waals surface area (Å²) in [6.07, 6.45) is 6.62. The Hall–Kier alpha value is -2.14. The van der Waals surface area contributed by atoms with Gasteiger partial charge < -0.3 is 10.1 Å². The second-order valence-corrected chi connectivity index (χ2v) is 7.47. The van der Waals surface area contributed by atoms with Crippen LogP contribution in [-0.2, 0) is 28.8 Å². The van der Waals surface area contributed by atoms with E-state index in [-0.39, 0.29) is 12.5 Å². The lowest BCUT2D eigenvalue weighted by Crippen LogP contribution is -2.20. The predicted octanol–water partition coefficient (Wildman–Crippen LogP) is 4.37. The summed E-state index contributed by atoms with van der Waals surface area (Å²) in [7, 11) is 0. The lowest BCUT2D eigenvalue weighted by Gasteiger charge is -2.07. The molecule has 1 aromatic heterocycles. The van der Waals surface area contributed by atoms with Crippen LogP contribution in [0.3, 0.4) is 0 Å². The topological polar surface area (TPSA) is 55.4 Å². The van der Waals surface area contributed by atoms with Gasteiger partial charge >= 0.3 is 5.97 Å². The molecule has 0 spiro atoms. The van der Waals surface area contributed by atoms with Gasteiger partial charge in [0.15, 0.2) is 6.61 Å². The largest absolute Gasteiger partial charge is 0.451 e. The van der Waals surface area contributed by atoms with E-state index in [4.69, 9.17) is 4.74 Å². The minimum absolute atomic E-state index is 0.265. The summed E-state index contributed by atoms with van der Waals surface area (Å²) in [6, 6.07) is 9.71. The number of esters is 1. The van der Waals surface area contributed by atoms with Crippen LogP contribution in [0.2, 0.25) is 0 Å². The van der Waals surface area contributed by atoms with Gasteiger partial charge in [-0.25, -0.2) is 4.79 Å². The van der Waals surface area contributed by atoms with Crippen LogP contribution in [0.5, 0.6) is 0 Å². The van der Waals surface area contributed by atoms with Crippen molar-refractivity contribution in [3.8, 4) is 0 Å². The number of amides is 1. The molecule has 0 unspecified atom stereocenters. The van der Waals surface area contributed by atoms with Gasteiger partial charge in [0.2, 0.25) is 0 Å². The van der Waals surface area contributed by atoms with Crippen molar-refractivity contribution in [1.29, 1.82) is 0 Å². The fraction of sp³-hybridized carbons (Fsp3) is 0.400. The molecule has 1 heterocycles. The SMILES string of the molecule is CCCCc1ccc(NC(=O)COC(=O)c2cc3c(s2)CCC3)cc1. The van der Waals surface area contributed by atoms with Crippen molar-refractivity contribution in [3.05, 3.63) is 51.2 Å². The van der Waals surface area contributed by atoms with E-state index >= 15 is 0 Å². The standard InChI is InChI=1S/C20H23NO3S/c1-2-3-5-14-8-10-16(11-9-14)21-19(22)13-24-20(23)18-12-15-6-4-7-17(15)25-18/h8-12H,2-7,13H2,1H3,(H,21,22). The molecule has 0 aliphatic heterocycles. The first-order valence-electron chi connectivity index (χ1n) is 8.83. The van der Waals surface area contributed by atoms with Crippen molar-refractivity contribution in [2.24, 2.45) is 0 Å². The number of nitrogens with one attached hydrogen (secondary N) is 1. The first kappa shape index (κ1) is 17.7. The Labute approximate surface area is 152 Å². The van der Waals surface area contributed by atoms with E-state index in [9.17, 15) is 9.59 Å². The third-order valence-electron chi connectivity index (χ3n) is 4.34. The highest BCUT2D eigenvalue weighted by Crippen LogP contribution is 2.30. The van der Waals surface area contributed by atoms with Crippen molar-refractivity contribution >= 4 is 28.9 Å². The summed E-state index contributed by atoms with van der Waals surface area (Å²) in [5.41, 5.74) is 3.23. The molecule has 0 atom stereocenters. The first-order valence-corrected chi connectivity index (χ1v) is 9.65. The summed E-state index contributed by atoms with van der Waals surface area (Å²) in [5.74, 6) is -0.733. The Balaban J connectivity index is 1.46. The monoisotopic (exact) mass is 357 g/mol. The van der Waals surface area contributed by atoms with Gasteiger partial charge in [0.1, 0.15) is 4.88 Å². The van der Waals surface area contributed by atoms with E-state index in [2.05, 4.69) is 12.2 Å². The van der Waals surface area contributed by atoms with Crippen LogP contribution < -0.4 is 5.32 Å². The van der Waals surface area contributed by atoms with E-state index in [1.54, 1.807) is 0 Å². The Morgan fingerprint density at radius 3 is 2.72 bits per heavy atom. The maximum absolute atomic E-state index is 12.1. The molecular formula is C20H23NO3S. The highest BCUT2D eigenvalue weighted by atomic mass is 32.1. The average molecular weight is 357 g/mol. The van der Waals surface area contributed by atoms with E-state index in [0.29, 0.717) is 4.88 Å². The summed E-state index contributed by atoms with van der Waals surface area (Å²) in [4.78, 5) is 25.9. The highest BCUT2D eigenvalue weighted by molar-refractivity contribution is 7.14. The quantitative estimate of drug-likeness (QED) is 0.749. The lowest BCUT2D eigenvalue weighted by molar-refractivity contribution is -0.119. The van der Waals surface area contributed by atoms with Crippen LogP contribution in [0.25, 0.3) is 0 Å². The smallest absolute Gasteiger partial charge is 0.348 e. The van der Waals surface area contributed by atoms with Gasteiger partial charge in [-0.15, -0.1) is 11.3 Å². The van der Waals surface area contributed by atoms with Crippen LogP contribution in [0, 0.1) is 0 Å². The van der Waals surface area contributed by atoms with Gasteiger partial charge in [0.05, 0.1) is 0 Å². The molecule has 2 aromatic rings. The average Bonchev–Trinajstić information content (AvgIpc) is 3.21. The normalized spacial score (nSPS) is 12.7. The zero-order valence-corrected chi connectivity index (χ0v) is 15.3. The maximum Gasteiger partial charge on any atom is 0.348 e. The van der Waals surface area contributed by atoms with Crippen molar-refractivity contribution < 1.29 is 14.3 Å². The van der Waals surface area contributed by atoms with Crippen LogP contribution in [0.4, 0.5) is 5.69 Å². The molecule has 4 nitrogen and oxygen atoms in total. The number of carbonyl (C=O) groups is 2. The molecule has 1 N–H and O–H groups in total. The minimum Gasteiger partial charge on any atom is -0.451 e. The van der Waals surface area contributed by atoms with Crippen LogP contribution in [-0.4, -0.2) is 18.5 Å². The number of unbranched alkanes of at least 4 members (excludes halogenated alkanes) is 1. The highest BCUT2D eigenvalue weighted by Gasteiger charge is 2.19. The molecule has 132 valence electrons. The number of ether oxygens (including phenoxy) is 1. The molecule has 0 saturated carbocycles. The number of thiophene rings is 1. The van der Waals surface area contributed by atoms with Gasteiger partial charge in [-0.3, -0.25) is 4.79 Å². The molecule has 1 aliphatic rings. The molecular weight excluding hydrogens is 334 g/mol. The van der Waals surface area contributed by atoms with Gasteiger partial charge in [0.25, 0.3) is 5.91 Å². The second-order valence-electron chi connectivity index (χ2n) is 6.34. The predicted molar refractivity (Wildman–Crippen MR) is 100 cm³/mol. The van der Waals surface area contributed by atoms with Gasteiger partial charge in [-0.1, -0.05) is 25.5 Å². The summed E-state index contributed by atoms with van der Waals surface area (Å²) >= 11 is 1.49. The number of carbonyl (C=O) groups excluding carboxylic acids is 2. The Morgan fingerprint density at radius 2 is 2.00 bits per heavy atom. The van der Waals surface area contributed by atoms with Crippen molar-refractivity contribution in [2.45, 2.75) is 45.4 Å². The summed E-state index contributed by atoms with van der Waals surface area (Å²) in [5, 5.41) is 2.76. The van der Waals surface area contributed by atoms with Crippen LogP contribution >= 0.6 is 11.3 Å². The zero-order chi connectivity index (χ0) is 17.6. The number of benzene rings is 1. The zero-order valence-electron chi connectivity index (χ0n) is 14.5. The third kappa shape index (κ3) is 4.69. The number of aryl methyl sites for hydroxylation is 3. The maximum atomic E-state index is 12.1. The fourth-order valence-electron chi connectivity index (χ4n) is 2.96. The first-order chi connectivity index (χ1) is 12.2. The number of rotatable bonds is 7. The number of anilines is 1. The molecule has 0 saturated heterocycles. The molecule has 0 fully saturated rings. The molecule has 0 radical (unpaired) electrons. The van der Waals surface area contributed by atoms with Gasteiger partial charge in [-0.2, -0.15) is 0 Å². The Morgan fingerprint density at radius 1 is 1.20 bits per heavy atom. The lowest BCUT2D eigenvalue weighted by atomic mass is 10.1. The molecule has 0 bridgehead atoms. The van der Waals surface area contributed by atoms with Crippen LogP contribution in [0.15, 0.2) is 30.3 Å². The van der Waals surface area contributed by atoms with E-state index in [1.165, 1.54) is 27.3 Å². The van der Waals surface area contributed by atoms with Crippen LogP contribution in [0.1, 0.15) is 51.9 Å². The number of hydrogen-bond acceptors (Lipinski definition) is 4. The number of hydrogen-bond donors (Lipinski definition) is 1. The van der Waals surface area contributed by atoms with E-state index in [0.717, 1.165) is 44.2 Å². The third-order valence-corrected chi connectivity index (χ3v) is 5.56.